The summed E-state index contributed by atoms with van der Waals surface area (Å²) in [6.45, 7) is 10.3. The van der Waals surface area contributed by atoms with Gasteiger partial charge in [0, 0.05) is 12.2 Å². The summed E-state index contributed by atoms with van der Waals surface area (Å²) in [5.41, 5.74) is 5.28. The number of hydrogen-bond donors (Lipinski definition) is 3. The number of thiocarbonyl (C=S) groups is 1. The number of anilines is 1. The van der Waals surface area contributed by atoms with Gasteiger partial charge in [-0.15, -0.1) is 0 Å². The van der Waals surface area contributed by atoms with Gasteiger partial charge in [-0.2, -0.15) is 0 Å². The number of rotatable bonds is 11. The summed E-state index contributed by atoms with van der Waals surface area (Å²) >= 11 is 5.44. The van der Waals surface area contributed by atoms with Crippen LogP contribution in [0.1, 0.15) is 48.4 Å². The number of benzene rings is 2. The Bertz CT molecular complexity index is 1100. The van der Waals surface area contributed by atoms with Crippen LogP contribution in [-0.4, -0.2) is 38.7 Å². The minimum Gasteiger partial charge on any atom is -0.464 e. The third-order valence-corrected chi connectivity index (χ3v) is 7.21. The van der Waals surface area contributed by atoms with E-state index in [-0.39, 0.29) is 24.0 Å². The average Bonchev–Trinajstić information content (AvgIpc) is 2.76. The Kier molecular flexibility index (Phi) is 10.5. The lowest BCUT2D eigenvalue weighted by Crippen LogP contribution is -2.44. The van der Waals surface area contributed by atoms with Crippen LogP contribution in [0.25, 0.3) is 0 Å². The highest BCUT2D eigenvalue weighted by atomic mass is 32.2. The third-order valence-electron chi connectivity index (χ3n) is 5.51. The molecule has 9 heteroatoms. The molecule has 0 heterocycles. The first-order valence-electron chi connectivity index (χ1n) is 11.4. The van der Waals surface area contributed by atoms with Crippen molar-refractivity contribution in [2.24, 2.45) is 0 Å². The molecule has 0 spiro atoms. The van der Waals surface area contributed by atoms with Crippen LogP contribution in [0.5, 0.6) is 0 Å². The second-order valence-electron chi connectivity index (χ2n) is 8.36. The first-order valence-corrected chi connectivity index (χ1v) is 13.3. The summed E-state index contributed by atoms with van der Waals surface area (Å²) in [6, 6.07) is 10.2. The van der Waals surface area contributed by atoms with Gasteiger partial charge < -0.3 is 15.4 Å². The van der Waals surface area contributed by atoms with Gasteiger partial charge in [-0.05, 0) is 101 Å². The average molecular weight is 506 g/mol. The van der Waals surface area contributed by atoms with Crippen LogP contribution in [0.3, 0.4) is 0 Å². The van der Waals surface area contributed by atoms with E-state index < -0.39 is 16.1 Å². The molecule has 0 aliphatic carbocycles. The van der Waals surface area contributed by atoms with Crippen LogP contribution < -0.4 is 15.4 Å². The third kappa shape index (κ3) is 8.38. The minimum atomic E-state index is -3.56. The molecule has 0 aliphatic rings. The maximum atomic E-state index is 12.4. The molecule has 0 aromatic heterocycles. The Hall–Kier alpha value is -2.49. The zero-order valence-corrected chi connectivity index (χ0v) is 22.2. The van der Waals surface area contributed by atoms with Crippen LogP contribution in [0, 0.1) is 27.7 Å². The van der Waals surface area contributed by atoms with Crippen molar-refractivity contribution in [3.05, 3.63) is 58.7 Å². The van der Waals surface area contributed by atoms with Gasteiger partial charge in [-0.3, -0.25) is 0 Å². The quantitative estimate of drug-likeness (QED) is 0.238. The van der Waals surface area contributed by atoms with E-state index in [0.717, 1.165) is 22.4 Å². The number of sulfonamides is 1. The van der Waals surface area contributed by atoms with Crippen molar-refractivity contribution >= 4 is 39.0 Å². The molecule has 0 saturated carbocycles. The van der Waals surface area contributed by atoms with Gasteiger partial charge in [0.05, 0.1) is 11.5 Å². The summed E-state index contributed by atoms with van der Waals surface area (Å²) in [5.74, 6) is -0.385. The SMILES string of the molecule is CCOC(=O)C(CCCCNS(=O)(=O)c1ccc(C)cc1)NC(=S)Nc1cc(C)c(C)cc1C. The summed E-state index contributed by atoms with van der Waals surface area (Å²) in [4.78, 5) is 12.7. The van der Waals surface area contributed by atoms with Crippen LogP contribution in [0.4, 0.5) is 5.69 Å². The van der Waals surface area contributed by atoms with Crippen LogP contribution in [0.2, 0.25) is 0 Å². The molecule has 2 rings (SSSR count). The predicted octanol–water partition coefficient (Wildman–Crippen LogP) is 4.29. The topological polar surface area (TPSA) is 96.5 Å². The Morgan fingerprint density at radius 3 is 2.29 bits per heavy atom. The zero-order valence-electron chi connectivity index (χ0n) is 20.5. The number of carbonyl (C=O) groups is 1. The molecule has 0 bridgehead atoms. The van der Waals surface area contributed by atoms with Crippen molar-refractivity contribution in [3.63, 3.8) is 0 Å². The maximum Gasteiger partial charge on any atom is 0.328 e. The Labute approximate surface area is 208 Å². The first kappa shape index (κ1) is 27.8. The summed E-state index contributed by atoms with van der Waals surface area (Å²) in [6.07, 6.45) is 1.64. The second-order valence-corrected chi connectivity index (χ2v) is 10.5. The molecule has 3 N–H and O–H groups in total. The molecule has 1 unspecified atom stereocenters. The lowest BCUT2D eigenvalue weighted by atomic mass is 10.1. The molecular weight excluding hydrogens is 470 g/mol. The zero-order chi connectivity index (χ0) is 25.3. The summed E-state index contributed by atoms with van der Waals surface area (Å²) in [7, 11) is -3.56. The van der Waals surface area contributed by atoms with Crippen molar-refractivity contribution in [1.29, 1.82) is 0 Å². The van der Waals surface area contributed by atoms with E-state index in [1.165, 1.54) is 5.56 Å². The van der Waals surface area contributed by atoms with E-state index in [1.807, 2.05) is 26.8 Å². The fourth-order valence-electron chi connectivity index (χ4n) is 3.38. The van der Waals surface area contributed by atoms with Crippen molar-refractivity contribution in [2.45, 2.75) is 64.8 Å². The summed E-state index contributed by atoms with van der Waals surface area (Å²) in [5, 5.41) is 6.56. The normalized spacial score (nSPS) is 12.1. The fourth-order valence-corrected chi connectivity index (χ4v) is 4.71. The van der Waals surface area contributed by atoms with E-state index in [0.29, 0.717) is 24.4 Å². The molecule has 186 valence electrons. The Balaban J connectivity index is 1.89. The van der Waals surface area contributed by atoms with E-state index in [2.05, 4.69) is 28.3 Å². The lowest BCUT2D eigenvalue weighted by Gasteiger charge is -2.20. The van der Waals surface area contributed by atoms with Gasteiger partial charge in [-0.25, -0.2) is 17.9 Å². The number of ether oxygens (including phenoxy) is 1. The van der Waals surface area contributed by atoms with Gasteiger partial charge in [0.25, 0.3) is 0 Å². The van der Waals surface area contributed by atoms with Gasteiger partial charge >= 0.3 is 5.97 Å². The molecule has 0 fully saturated rings. The fraction of sp³-hybridized carbons (Fsp3) is 0.440. The molecule has 2 aromatic carbocycles. The number of nitrogens with one attached hydrogen (secondary N) is 3. The van der Waals surface area contributed by atoms with Gasteiger partial charge in [0.1, 0.15) is 6.04 Å². The molecule has 1 atom stereocenters. The maximum absolute atomic E-state index is 12.4. The van der Waals surface area contributed by atoms with Crippen molar-refractivity contribution in [1.82, 2.24) is 10.0 Å². The lowest BCUT2D eigenvalue weighted by molar-refractivity contribution is -0.145. The number of aryl methyl sites for hydroxylation is 4. The first-order chi connectivity index (χ1) is 16.0. The van der Waals surface area contributed by atoms with Crippen LogP contribution >= 0.6 is 12.2 Å². The van der Waals surface area contributed by atoms with E-state index in [4.69, 9.17) is 17.0 Å². The monoisotopic (exact) mass is 505 g/mol. The summed E-state index contributed by atoms with van der Waals surface area (Å²) < 4.78 is 32.6. The molecule has 0 radical (unpaired) electrons. The highest BCUT2D eigenvalue weighted by molar-refractivity contribution is 7.89. The van der Waals surface area contributed by atoms with Crippen LogP contribution in [0.15, 0.2) is 41.3 Å². The van der Waals surface area contributed by atoms with Crippen molar-refractivity contribution < 1.29 is 17.9 Å². The van der Waals surface area contributed by atoms with E-state index in [9.17, 15) is 13.2 Å². The predicted molar refractivity (Wildman–Crippen MR) is 141 cm³/mol. The highest BCUT2D eigenvalue weighted by Crippen LogP contribution is 2.20. The molecule has 2 aromatic rings. The van der Waals surface area contributed by atoms with Gasteiger partial charge in [0.2, 0.25) is 10.0 Å². The van der Waals surface area contributed by atoms with Crippen molar-refractivity contribution in [3.8, 4) is 0 Å². The van der Waals surface area contributed by atoms with Crippen molar-refractivity contribution in [2.75, 3.05) is 18.5 Å². The Morgan fingerprint density at radius 2 is 1.65 bits per heavy atom. The molecule has 0 saturated heterocycles. The standard InChI is InChI=1S/C25H35N3O4S2/c1-6-32-24(29)22(27-25(33)28-23-16-19(4)18(3)15-20(23)5)9-7-8-14-26-34(30,31)21-12-10-17(2)11-13-21/h10-13,15-16,22,26H,6-9,14H2,1-5H3,(H2,27,28,33). The van der Waals surface area contributed by atoms with Gasteiger partial charge in [-0.1, -0.05) is 23.8 Å². The molecule has 0 aliphatic heterocycles. The number of unbranched alkanes of at least 4 members (excludes halogenated alkanes) is 1. The largest absolute Gasteiger partial charge is 0.464 e. The molecule has 0 amide bonds. The second kappa shape index (κ2) is 12.8. The number of esters is 1. The molecule has 34 heavy (non-hydrogen) atoms. The molecular formula is C25H35N3O4S2. The Morgan fingerprint density at radius 1 is 1.00 bits per heavy atom. The van der Waals surface area contributed by atoms with E-state index >= 15 is 0 Å². The van der Waals surface area contributed by atoms with E-state index in [1.54, 1.807) is 31.2 Å². The van der Waals surface area contributed by atoms with Crippen LogP contribution in [-0.2, 0) is 19.6 Å². The minimum absolute atomic E-state index is 0.238. The number of hydrogen-bond acceptors (Lipinski definition) is 5. The molecule has 7 nitrogen and oxygen atoms in total. The van der Waals surface area contributed by atoms with Gasteiger partial charge in [0.15, 0.2) is 5.11 Å². The smallest absolute Gasteiger partial charge is 0.328 e. The highest BCUT2D eigenvalue weighted by Gasteiger charge is 2.21. The number of carbonyl (C=O) groups excluding carboxylic acids is 1.